The highest BCUT2D eigenvalue weighted by Crippen LogP contribution is 2.13. The first-order valence-electron chi connectivity index (χ1n) is 26.7. The van der Waals surface area contributed by atoms with Gasteiger partial charge in [0.2, 0.25) is 0 Å². The Hall–Kier alpha value is -3.67. The number of unbranched alkanes of at least 4 members (excludes halogenated alkanes) is 20. The van der Waals surface area contributed by atoms with Gasteiger partial charge in [0, 0.05) is 19.3 Å². The second kappa shape index (κ2) is 52.9. The van der Waals surface area contributed by atoms with Crippen molar-refractivity contribution in [3.8, 4) is 0 Å². The Bertz CT molecular complexity index is 1310. The Labute approximate surface area is 400 Å². The molecule has 1 unspecified atom stereocenters. The molecule has 0 aliphatic rings. The minimum Gasteiger partial charge on any atom is -0.462 e. The first-order chi connectivity index (χ1) is 32.0. The molecule has 0 saturated carbocycles. The van der Waals surface area contributed by atoms with Gasteiger partial charge in [0.05, 0.1) is 0 Å². The maximum Gasteiger partial charge on any atom is 0.306 e. The Kier molecular flexibility index (Phi) is 50.0. The first-order valence-corrected chi connectivity index (χ1v) is 26.7. The summed E-state index contributed by atoms with van der Waals surface area (Å²) < 4.78 is 16.7. The van der Waals surface area contributed by atoms with Crippen molar-refractivity contribution < 1.29 is 28.6 Å². The summed E-state index contributed by atoms with van der Waals surface area (Å²) in [5, 5.41) is 0. The fraction of sp³-hybridized carbons (Fsp3) is 0.678. The van der Waals surface area contributed by atoms with E-state index in [4.69, 9.17) is 14.2 Å². The van der Waals surface area contributed by atoms with Crippen LogP contribution in [0.5, 0.6) is 0 Å². The smallest absolute Gasteiger partial charge is 0.306 e. The van der Waals surface area contributed by atoms with Gasteiger partial charge in [-0.15, -0.1) is 0 Å². The second-order valence-electron chi connectivity index (χ2n) is 17.4. The van der Waals surface area contributed by atoms with Crippen LogP contribution in [0.25, 0.3) is 0 Å². The number of hydrogen-bond acceptors (Lipinski definition) is 6. The van der Waals surface area contributed by atoms with E-state index in [0.29, 0.717) is 19.3 Å². The molecule has 1 atom stereocenters. The van der Waals surface area contributed by atoms with E-state index in [-0.39, 0.29) is 44.0 Å². The van der Waals surface area contributed by atoms with E-state index in [9.17, 15) is 14.4 Å². The van der Waals surface area contributed by atoms with Gasteiger partial charge in [-0.2, -0.15) is 0 Å². The van der Waals surface area contributed by atoms with Crippen LogP contribution < -0.4 is 0 Å². The summed E-state index contributed by atoms with van der Waals surface area (Å²) in [6.45, 7) is 6.40. The molecule has 0 aliphatic heterocycles. The van der Waals surface area contributed by atoms with Crippen molar-refractivity contribution in [3.63, 3.8) is 0 Å². The van der Waals surface area contributed by atoms with Crippen LogP contribution in [-0.4, -0.2) is 37.2 Å². The molecule has 6 nitrogen and oxygen atoms in total. The minimum absolute atomic E-state index is 0.126. The summed E-state index contributed by atoms with van der Waals surface area (Å²) in [7, 11) is 0. The van der Waals surface area contributed by atoms with Gasteiger partial charge < -0.3 is 14.2 Å². The molecule has 0 aromatic carbocycles. The molecular formula is C59H98O6. The van der Waals surface area contributed by atoms with Crippen LogP contribution in [0.15, 0.2) is 97.2 Å². The van der Waals surface area contributed by atoms with Crippen LogP contribution in [-0.2, 0) is 28.6 Å². The lowest BCUT2D eigenvalue weighted by Crippen LogP contribution is -2.30. The summed E-state index contributed by atoms with van der Waals surface area (Å²) in [5.41, 5.74) is 0. The van der Waals surface area contributed by atoms with Crippen LogP contribution >= 0.6 is 0 Å². The third kappa shape index (κ3) is 51.2. The van der Waals surface area contributed by atoms with E-state index < -0.39 is 6.10 Å². The molecule has 0 aliphatic carbocycles. The molecule has 370 valence electrons. The zero-order valence-electron chi connectivity index (χ0n) is 42.2. The molecule has 0 heterocycles. The topological polar surface area (TPSA) is 78.9 Å². The molecule has 0 amide bonds. The van der Waals surface area contributed by atoms with Gasteiger partial charge in [0.1, 0.15) is 13.2 Å². The van der Waals surface area contributed by atoms with Crippen molar-refractivity contribution >= 4 is 17.9 Å². The van der Waals surface area contributed by atoms with Crippen LogP contribution in [0.1, 0.15) is 239 Å². The maximum atomic E-state index is 12.8. The van der Waals surface area contributed by atoms with Gasteiger partial charge in [-0.1, -0.05) is 214 Å². The molecule has 0 bridgehead atoms. The zero-order valence-corrected chi connectivity index (χ0v) is 42.2. The number of rotatable bonds is 47. The molecule has 0 spiro atoms. The van der Waals surface area contributed by atoms with E-state index in [0.717, 1.165) is 70.6 Å². The van der Waals surface area contributed by atoms with Crippen molar-refractivity contribution in [1.29, 1.82) is 0 Å². The predicted molar refractivity (Wildman–Crippen MR) is 279 cm³/mol. The summed E-state index contributed by atoms with van der Waals surface area (Å²) >= 11 is 0. The van der Waals surface area contributed by atoms with E-state index in [2.05, 4.69) is 112 Å². The van der Waals surface area contributed by atoms with Crippen molar-refractivity contribution in [3.05, 3.63) is 97.2 Å². The summed E-state index contributed by atoms with van der Waals surface area (Å²) in [6, 6.07) is 0. The fourth-order valence-electron chi connectivity index (χ4n) is 7.05. The Morgan fingerprint density at radius 1 is 0.323 bits per heavy atom. The van der Waals surface area contributed by atoms with Gasteiger partial charge in [-0.3, -0.25) is 14.4 Å². The standard InChI is InChI=1S/C59H98O6/c1-4-7-10-13-16-19-22-25-27-29-31-34-37-40-43-46-49-52-58(61)64-55-56(54-63-57(60)51-48-45-42-39-36-33-24-21-18-15-12-9-6-3)65-59(62)53-50-47-44-41-38-35-32-30-28-26-23-20-17-14-11-8-5-2/h7,10,16,19,25-28,31,33-34,36,40,42-43,45,56H,4-6,8-9,11-15,17-18,20-24,29-30,32,35,37-39,41,44,46-55H2,1-3H3/b10-7+,19-16+,27-25+,28-26+,34-31+,36-33+,43-40+,45-42+. The fourth-order valence-corrected chi connectivity index (χ4v) is 7.05. The first kappa shape index (κ1) is 61.3. The quantitative estimate of drug-likeness (QED) is 0.0262. The molecule has 0 aromatic heterocycles. The van der Waals surface area contributed by atoms with Crippen molar-refractivity contribution in [2.24, 2.45) is 0 Å². The van der Waals surface area contributed by atoms with Gasteiger partial charge in [0.15, 0.2) is 6.10 Å². The number of hydrogen-bond donors (Lipinski definition) is 0. The van der Waals surface area contributed by atoms with Crippen molar-refractivity contribution in [1.82, 2.24) is 0 Å². The SMILES string of the molecule is CC/C=C/C/C=C/C/C=C/C/C=C/C/C=C/CCCC(=O)OCC(COC(=O)CC/C=C/C/C=C/CCCCCCCC)OC(=O)CCCCCCCCC/C=C/CCCCCCCC. The number of carbonyl (C=O) groups is 3. The van der Waals surface area contributed by atoms with Crippen LogP contribution in [0.4, 0.5) is 0 Å². The molecule has 0 N–H and O–H groups in total. The highest BCUT2D eigenvalue weighted by molar-refractivity contribution is 5.71. The largest absolute Gasteiger partial charge is 0.462 e. The summed E-state index contributed by atoms with van der Waals surface area (Å²) in [5.74, 6) is -1.05. The van der Waals surface area contributed by atoms with Crippen LogP contribution in [0, 0.1) is 0 Å². The highest BCUT2D eigenvalue weighted by atomic mass is 16.6. The average molecular weight is 903 g/mol. The maximum absolute atomic E-state index is 12.8. The molecule has 0 rings (SSSR count). The molecule has 0 radical (unpaired) electrons. The lowest BCUT2D eigenvalue weighted by Gasteiger charge is -2.18. The number of allylic oxidation sites excluding steroid dienone is 16. The van der Waals surface area contributed by atoms with Gasteiger partial charge in [-0.05, 0) is 103 Å². The van der Waals surface area contributed by atoms with Gasteiger partial charge in [0.25, 0.3) is 0 Å². The van der Waals surface area contributed by atoms with Gasteiger partial charge in [-0.25, -0.2) is 0 Å². The van der Waals surface area contributed by atoms with Crippen LogP contribution in [0.2, 0.25) is 0 Å². The van der Waals surface area contributed by atoms with Crippen LogP contribution in [0.3, 0.4) is 0 Å². The Morgan fingerprint density at radius 3 is 1.09 bits per heavy atom. The molecule has 65 heavy (non-hydrogen) atoms. The molecule has 0 fully saturated rings. The van der Waals surface area contributed by atoms with E-state index in [1.165, 1.54) is 116 Å². The molecule has 6 heteroatoms. The lowest BCUT2D eigenvalue weighted by atomic mass is 10.1. The molecule has 0 aromatic rings. The zero-order chi connectivity index (χ0) is 47.2. The van der Waals surface area contributed by atoms with E-state index in [1.807, 2.05) is 6.08 Å². The normalized spacial score (nSPS) is 12.8. The van der Waals surface area contributed by atoms with E-state index in [1.54, 1.807) is 0 Å². The monoisotopic (exact) mass is 903 g/mol. The molecule has 0 saturated heterocycles. The third-order valence-electron chi connectivity index (χ3n) is 11.1. The lowest BCUT2D eigenvalue weighted by molar-refractivity contribution is -0.166. The van der Waals surface area contributed by atoms with E-state index >= 15 is 0 Å². The number of carbonyl (C=O) groups excluding carboxylic acids is 3. The average Bonchev–Trinajstić information content (AvgIpc) is 3.30. The Balaban J connectivity index is 4.54. The van der Waals surface area contributed by atoms with Crippen molar-refractivity contribution in [2.45, 2.75) is 245 Å². The predicted octanol–water partition coefficient (Wildman–Crippen LogP) is 17.8. The highest BCUT2D eigenvalue weighted by Gasteiger charge is 2.19. The second-order valence-corrected chi connectivity index (χ2v) is 17.4. The summed E-state index contributed by atoms with van der Waals surface area (Å²) in [4.78, 5) is 38.0. The number of esters is 3. The van der Waals surface area contributed by atoms with Gasteiger partial charge >= 0.3 is 17.9 Å². The third-order valence-corrected chi connectivity index (χ3v) is 11.1. The Morgan fingerprint density at radius 2 is 0.646 bits per heavy atom. The molecular weight excluding hydrogens is 805 g/mol. The number of ether oxygens (including phenoxy) is 3. The minimum atomic E-state index is -0.825. The van der Waals surface area contributed by atoms with Crippen molar-refractivity contribution in [2.75, 3.05) is 13.2 Å². The summed E-state index contributed by atoms with van der Waals surface area (Å²) in [6.07, 6.45) is 69.8.